The zero-order valence-electron chi connectivity index (χ0n) is 14.1. The highest BCUT2D eigenvalue weighted by molar-refractivity contribution is 6.01. The summed E-state index contributed by atoms with van der Waals surface area (Å²) in [7, 11) is 4.66. The first-order valence-corrected chi connectivity index (χ1v) is 7.54. The van der Waals surface area contributed by atoms with Crippen molar-refractivity contribution >= 4 is 17.1 Å². The maximum atomic E-state index is 13.7. The molecular formula is C18H17FN2O4. The molecule has 0 radical (unpaired) electrons. The van der Waals surface area contributed by atoms with Crippen molar-refractivity contribution in [1.29, 1.82) is 0 Å². The molecule has 0 aliphatic heterocycles. The number of oxazole rings is 1. The molecule has 0 saturated carbocycles. The predicted octanol–water partition coefficient (Wildman–Crippen LogP) is 3.41. The summed E-state index contributed by atoms with van der Waals surface area (Å²) in [6, 6.07) is 9.82. The van der Waals surface area contributed by atoms with E-state index in [4.69, 9.17) is 9.25 Å². The number of hydroxylamine groups is 2. The molecule has 0 aliphatic carbocycles. The molecule has 1 heterocycles. The van der Waals surface area contributed by atoms with E-state index in [-0.39, 0.29) is 16.7 Å². The van der Waals surface area contributed by atoms with Gasteiger partial charge in [0.15, 0.2) is 5.58 Å². The Hall–Kier alpha value is -2.77. The largest absolute Gasteiger partial charge is 0.465 e. The van der Waals surface area contributed by atoms with Crippen LogP contribution in [0.2, 0.25) is 0 Å². The lowest BCUT2D eigenvalue weighted by molar-refractivity contribution is -0.116. The van der Waals surface area contributed by atoms with Crippen molar-refractivity contribution in [3.8, 4) is 11.5 Å². The zero-order valence-corrected chi connectivity index (χ0v) is 14.1. The van der Waals surface area contributed by atoms with E-state index in [1.165, 1.54) is 13.2 Å². The SMILES string of the molecule is COC(=O)c1cc(F)cc2nc(-c3ccc(CN(C)OC)cc3)oc12. The fourth-order valence-corrected chi connectivity index (χ4v) is 2.46. The van der Waals surface area contributed by atoms with Crippen LogP contribution in [-0.4, -0.2) is 37.3 Å². The van der Waals surface area contributed by atoms with Crippen LogP contribution in [-0.2, 0) is 16.1 Å². The van der Waals surface area contributed by atoms with Gasteiger partial charge in [0, 0.05) is 25.2 Å². The first-order chi connectivity index (χ1) is 12.0. The summed E-state index contributed by atoms with van der Waals surface area (Å²) in [5, 5.41) is 1.69. The molecule has 0 amide bonds. The highest BCUT2D eigenvalue weighted by atomic mass is 19.1. The molecule has 130 valence electrons. The first kappa shape index (κ1) is 17.1. The van der Waals surface area contributed by atoms with E-state index in [1.54, 1.807) is 12.2 Å². The number of fused-ring (bicyclic) bond motifs is 1. The molecule has 0 N–H and O–H groups in total. The van der Waals surface area contributed by atoms with Crippen LogP contribution in [0.3, 0.4) is 0 Å². The van der Waals surface area contributed by atoms with Crippen molar-refractivity contribution in [2.24, 2.45) is 0 Å². The van der Waals surface area contributed by atoms with Crippen LogP contribution in [0.5, 0.6) is 0 Å². The Balaban J connectivity index is 1.98. The average Bonchev–Trinajstić information content (AvgIpc) is 3.04. The standard InChI is InChI=1S/C18H17FN2O4/c1-21(24-3)10-11-4-6-12(7-5-11)17-20-15-9-13(19)8-14(16(15)25-17)18(22)23-2/h4-9H,10H2,1-3H3. The predicted molar refractivity (Wildman–Crippen MR) is 89.2 cm³/mol. The molecule has 3 aromatic rings. The molecule has 0 fully saturated rings. The maximum absolute atomic E-state index is 13.7. The molecule has 1 aromatic heterocycles. The molecule has 0 bridgehead atoms. The molecule has 0 unspecified atom stereocenters. The van der Waals surface area contributed by atoms with Crippen molar-refractivity contribution in [2.75, 3.05) is 21.3 Å². The van der Waals surface area contributed by atoms with Gasteiger partial charge < -0.3 is 14.0 Å². The van der Waals surface area contributed by atoms with E-state index in [0.717, 1.165) is 17.2 Å². The second-order valence-electron chi connectivity index (χ2n) is 5.48. The summed E-state index contributed by atoms with van der Waals surface area (Å²) in [4.78, 5) is 21.2. The number of hydrogen-bond acceptors (Lipinski definition) is 6. The Labute approximate surface area is 143 Å². The van der Waals surface area contributed by atoms with E-state index in [9.17, 15) is 9.18 Å². The normalized spacial score (nSPS) is 11.2. The molecule has 25 heavy (non-hydrogen) atoms. The smallest absolute Gasteiger partial charge is 0.341 e. The number of hydrogen-bond donors (Lipinski definition) is 0. The van der Waals surface area contributed by atoms with Gasteiger partial charge >= 0.3 is 5.97 Å². The highest BCUT2D eigenvalue weighted by Gasteiger charge is 2.19. The third-order valence-electron chi connectivity index (χ3n) is 3.78. The third kappa shape index (κ3) is 3.52. The van der Waals surface area contributed by atoms with Crippen LogP contribution in [0, 0.1) is 5.82 Å². The van der Waals surface area contributed by atoms with Gasteiger partial charge in [-0.15, -0.1) is 0 Å². The molecule has 6 nitrogen and oxygen atoms in total. The summed E-state index contributed by atoms with van der Waals surface area (Å²) in [5.41, 5.74) is 2.24. The molecule has 0 saturated heterocycles. The number of nitrogens with zero attached hydrogens (tertiary/aromatic N) is 2. The number of methoxy groups -OCH3 is 1. The highest BCUT2D eigenvalue weighted by Crippen LogP contribution is 2.28. The Morgan fingerprint density at radius 2 is 1.96 bits per heavy atom. The summed E-state index contributed by atoms with van der Waals surface area (Å²) < 4.78 is 24.1. The number of ether oxygens (including phenoxy) is 1. The van der Waals surface area contributed by atoms with Crippen LogP contribution in [0.15, 0.2) is 40.8 Å². The van der Waals surface area contributed by atoms with Gasteiger partial charge in [-0.1, -0.05) is 12.1 Å². The Bertz CT molecular complexity index is 905. The summed E-state index contributed by atoms with van der Waals surface area (Å²) in [5.74, 6) is -0.951. The van der Waals surface area contributed by atoms with Gasteiger partial charge in [0.1, 0.15) is 16.9 Å². The number of aromatic nitrogens is 1. The van der Waals surface area contributed by atoms with Crippen molar-refractivity contribution < 1.29 is 23.2 Å². The number of carbonyl (C=O) groups is 1. The van der Waals surface area contributed by atoms with Crippen molar-refractivity contribution in [3.05, 3.63) is 53.3 Å². The molecule has 7 heteroatoms. The second kappa shape index (κ2) is 7.00. The lowest BCUT2D eigenvalue weighted by atomic mass is 10.1. The Morgan fingerprint density at radius 3 is 2.60 bits per heavy atom. The van der Waals surface area contributed by atoms with E-state index >= 15 is 0 Å². The maximum Gasteiger partial charge on any atom is 0.341 e. The van der Waals surface area contributed by atoms with Gasteiger partial charge in [-0.2, -0.15) is 5.06 Å². The third-order valence-corrected chi connectivity index (χ3v) is 3.78. The summed E-state index contributed by atoms with van der Waals surface area (Å²) in [6.07, 6.45) is 0. The number of esters is 1. The van der Waals surface area contributed by atoms with Crippen LogP contribution >= 0.6 is 0 Å². The molecule has 0 atom stereocenters. The van der Waals surface area contributed by atoms with Crippen molar-refractivity contribution in [2.45, 2.75) is 6.54 Å². The van der Waals surface area contributed by atoms with Crippen molar-refractivity contribution in [1.82, 2.24) is 10.0 Å². The Kier molecular flexibility index (Phi) is 4.78. The zero-order chi connectivity index (χ0) is 18.0. The van der Waals surface area contributed by atoms with E-state index in [2.05, 4.69) is 9.72 Å². The minimum absolute atomic E-state index is 0.00888. The lowest BCUT2D eigenvalue weighted by Crippen LogP contribution is -2.15. The summed E-state index contributed by atoms with van der Waals surface area (Å²) in [6.45, 7) is 0.627. The van der Waals surface area contributed by atoms with Gasteiger partial charge in [-0.3, -0.25) is 0 Å². The second-order valence-corrected chi connectivity index (χ2v) is 5.48. The van der Waals surface area contributed by atoms with Gasteiger partial charge in [0.05, 0.1) is 14.2 Å². The first-order valence-electron chi connectivity index (χ1n) is 7.54. The fourth-order valence-electron chi connectivity index (χ4n) is 2.46. The van der Waals surface area contributed by atoms with E-state index in [1.807, 2.05) is 31.3 Å². The number of benzene rings is 2. The minimum atomic E-state index is -0.676. The van der Waals surface area contributed by atoms with Crippen LogP contribution < -0.4 is 0 Å². The van der Waals surface area contributed by atoms with E-state index < -0.39 is 11.8 Å². The quantitative estimate of drug-likeness (QED) is 0.522. The van der Waals surface area contributed by atoms with Crippen LogP contribution in [0.25, 0.3) is 22.6 Å². The minimum Gasteiger partial charge on any atom is -0.465 e. The van der Waals surface area contributed by atoms with Gasteiger partial charge in [-0.25, -0.2) is 14.2 Å². The van der Waals surface area contributed by atoms with Crippen LogP contribution in [0.4, 0.5) is 4.39 Å². The van der Waals surface area contributed by atoms with Gasteiger partial charge in [-0.05, 0) is 23.8 Å². The number of rotatable bonds is 5. The molecule has 2 aromatic carbocycles. The molecule has 0 spiro atoms. The molecule has 3 rings (SSSR count). The van der Waals surface area contributed by atoms with Crippen molar-refractivity contribution in [3.63, 3.8) is 0 Å². The fraction of sp³-hybridized carbons (Fsp3) is 0.222. The lowest BCUT2D eigenvalue weighted by Gasteiger charge is -2.13. The summed E-state index contributed by atoms with van der Waals surface area (Å²) >= 11 is 0. The number of halogens is 1. The van der Waals surface area contributed by atoms with Crippen LogP contribution in [0.1, 0.15) is 15.9 Å². The topological polar surface area (TPSA) is 64.8 Å². The number of carbonyl (C=O) groups excluding carboxylic acids is 1. The molecular weight excluding hydrogens is 327 g/mol. The monoisotopic (exact) mass is 344 g/mol. The van der Waals surface area contributed by atoms with E-state index in [0.29, 0.717) is 12.4 Å². The molecule has 0 aliphatic rings. The van der Waals surface area contributed by atoms with Gasteiger partial charge in [0.2, 0.25) is 5.89 Å². The Morgan fingerprint density at radius 1 is 1.24 bits per heavy atom. The average molecular weight is 344 g/mol. The van der Waals surface area contributed by atoms with Gasteiger partial charge in [0.25, 0.3) is 0 Å².